The molecule has 0 aliphatic rings. The maximum atomic E-state index is 12.2. The summed E-state index contributed by atoms with van der Waals surface area (Å²) in [6.45, 7) is 2.66. The number of amides is 1. The van der Waals surface area contributed by atoms with Crippen LogP contribution in [0.1, 0.15) is 22.8 Å². The summed E-state index contributed by atoms with van der Waals surface area (Å²) in [5.74, 6) is 1.38. The summed E-state index contributed by atoms with van der Waals surface area (Å²) < 4.78 is 0. The Morgan fingerprint density at radius 2 is 2.05 bits per heavy atom. The third-order valence-electron chi connectivity index (χ3n) is 3.13. The molecule has 0 saturated carbocycles. The van der Waals surface area contributed by atoms with Crippen LogP contribution in [0.15, 0.2) is 24.3 Å². The summed E-state index contributed by atoms with van der Waals surface area (Å²) >= 11 is 0. The highest BCUT2D eigenvalue weighted by Gasteiger charge is 2.13. The van der Waals surface area contributed by atoms with E-state index in [2.05, 4.69) is 15.2 Å². The maximum Gasteiger partial charge on any atom is 0.227 e. The molecule has 2 rings (SSSR count). The largest absolute Gasteiger partial charge is 0.338 e. The molecule has 3 N–H and O–H groups in total. The lowest BCUT2D eigenvalue weighted by molar-refractivity contribution is -0.129. The van der Waals surface area contributed by atoms with Crippen LogP contribution in [0.2, 0.25) is 0 Å². The van der Waals surface area contributed by atoms with Gasteiger partial charge in [0, 0.05) is 13.6 Å². The second kappa shape index (κ2) is 6.29. The number of benzene rings is 1. The lowest BCUT2D eigenvalue weighted by Crippen LogP contribution is -2.28. The van der Waals surface area contributed by atoms with E-state index in [-0.39, 0.29) is 5.91 Å². The van der Waals surface area contributed by atoms with Crippen molar-refractivity contribution in [3.8, 4) is 0 Å². The molecule has 106 valence electrons. The second-order valence-electron chi connectivity index (χ2n) is 4.74. The second-order valence-corrected chi connectivity index (χ2v) is 4.74. The van der Waals surface area contributed by atoms with Gasteiger partial charge in [-0.3, -0.25) is 9.89 Å². The van der Waals surface area contributed by atoms with E-state index in [1.54, 1.807) is 11.9 Å². The van der Waals surface area contributed by atoms with E-state index >= 15 is 0 Å². The highest BCUT2D eigenvalue weighted by atomic mass is 16.2. The number of nitrogens with two attached hydrogens (primary N) is 1. The SMILES string of the molecule is Cc1nc(CN(C)C(=O)Cc2ccccc2CN)n[nH]1. The summed E-state index contributed by atoms with van der Waals surface area (Å²) in [6, 6.07) is 7.73. The van der Waals surface area contributed by atoms with Crippen LogP contribution in [-0.4, -0.2) is 33.0 Å². The summed E-state index contributed by atoms with van der Waals surface area (Å²) in [7, 11) is 1.75. The van der Waals surface area contributed by atoms with E-state index < -0.39 is 0 Å². The zero-order valence-corrected chi connectivity index (χ0v) is 11.8. The molecule has 0 spiro atoms. The zero-order chi connectivity index (χ0) is 14.5. The number of hydrogen-bond donors (Lipinski definition) is 2. The maximum absolute atomic E-state index is 12.2. The predicted molar refractivity (Wildman–Crippen MR) is 75.6 cm³/mol. The van der Waals surface area contributed by atoms with Crippen LogP contribution < -0.4 is 5.73 Å². The first-order valence-electron chi connectivity index (χ1n) is 6.49. The number of H-pyrrole nitrogens is 1. The Morgan fingerprint density at radius 1 is 1.35 bits per heavy atom. The molecule has 2 aromatic rings. The third-order valence-corrected chi connectivity index (χ3v) is 3.13. The van der Waals surface area contributed by atoms with Gasteiger partial charge in [0.15, 0.2) is 5.82 Å². The van der Waals surface area contributed by atoms with E-state index in [0.717, 1.165) is 17.0 Å². The molecule has 1 heterocycles. The van der Waals surface area contributed by atoms with E-state index in [1.165, 1.54) is 0 Å². The van der Waals surface area contributed by atoms with Gasteiger partial charge in [-0.1, -0.05) is 24.3 Å². The molecule has 0 bridgehead atoms. The molecule has 0 aliphatic carbocycles. The molecule has 1 aromatic heterocycles. The minimum absolute atomic E-state index is 0.0216. The van der Waals surface area contributed by atoms with Crippen LogP contribution in [0.25, 0.3) is 0 Å². The summed E-state index contributed by atoms with van der Waals surface area (Å²) in [5.41, 5.74) is 7.65. The van der Waals surface area contributed by atoms with E-state index in [4.69, 9.17) is 5.73 Å². The van der Waals surface area contributed by atoms with Crippen LogP contribution in [0.3, 0.4) is 0 Å². The molecule has 0 aliphatic heterocycles. The number of nitrogens with zero attached hydrogens (tertiary/aromatic N) is 3. The van der Waals surface area contributed by atoms with E-state index in [0.29, 0.717) is 25.3 Å². The van der Waals surface area contributed by atoms with Crippen molar-refractivity contribution >= 4 is 5.91 Å². The van der Waals surface area contributed by atoms with Gasteiger partial charge in [-0.25, -0.2) is 4.98 Å². The van der Waals surface area contributed by atoms with Gasteiger partial charge in [0.1, 0.15) is 5.82 Å². The molecular formula is C14H19N5O. The Labute approximate surface area is 118 Å². The summed E-state index contributed by atoms with van der Waals surface area (Å²) in [4.78, 5) is 18.0. The molecular weight excluding hydrogens is 254 g/mol. The van der Waals surface area contributed by atoms with Gasteiger partial charge >= 0.3 is 0 Å². The molecule has 0 atom stereocenters. The first-order chi connectivity index (χ1) is 9.60. The molecule has 1 amide bonds. The number of aryl methyl sites for hydroxylation is 1. The molecule has 20 heavy (non-hydrogen) atoms. The van der Waals surface area contributed by atoms with Crippen LogP contribution >= 0.6 is 0 Å². The van der Waals surface area contributed by atoms with Gasteiger partial charge in [-0.05, 0) is 18.1 Å². The first-order valence-corrected chi connectivity index (χ1v) is 6.49. The fraction of sp³-hybridized carbons (Fsp3) is 0.357. The van der Waals surface area contributed by atoms with Gasteiger partial charge in [0.25, 0.3) is 0 Å². The average molecular weight is 273 g/mol. The lowest BCUT2D eigenvalue weighted by Gasteiger charge is -2.16. The average Bonchev–Trinajstić information content (AvgIpc) is 2.84. The Balaban J connectivity index is 2.00. The highest BCUT2D eigenvalue weighted by molar-refractivity contribution is 5.78. The molecule has 0 saturated heterocycles. The standard InChI is InChI=1S/C14H19N5O/c1-10-16-13(18-17-10)9-19(2)14(20)7-11-5-3-4-6-12(11)8-15/h3-6H,7-9,15H2,1-2H3,(H,16,17,18). The van der Waals surface area contributed by atoms with Crippen molar-refractivity contribution < 1.29 is 4.79 Å². The van der Waals surface area contributed by atoms with Crippen molar-refractivity contribution in [2.45, 2.75) is 26.4 Å². The number of aromatic amines is 1. The fourth-order valence-electron chi connectivity index (χ4n) is 1.99. The number of hydrogen-bond acceptors (Lipinski definition) is 4. The van der Waals surface area contributed by atoms with Crippen LogP contribution in [0, 0.1) is 6.92 Å². The Kier molecular flexibility index (Phi) is 4.47. The zero-order valence-electron chi connectivity index (χ0n) is 11.8. The van der Waals surface area contributed by atoms with Gasteiger partial charge in [0.05, 0.1) is 13.0 Å². The number of carbonyl (C=O) groups is 1. The molecule has 1 aromatic carbocycles. The highest BCUT2D eigenvalue weighted by Crippen LogP contribution is 2.10. The quantitative estimate of drug-likeness (QED) is 0.842. The minimum Gasteiger partial charge on any atom is -0.338 e. The van der Waals surface area contributed by atoms with Crippen molar-refractivity contribution in [1.82, 2.24) is 20.1 Å². The van der Waals surface area contributed by atoms with Crippen LogP contribution in [0.4, 0.5) is 0 Å². The molecule has 6 nitrogen and oxygen atoms in total. The Bertz CT molecular complexity index is 593. The van der Waals surface area contributed by atoms with Crippen LogP contribution in [-0.2, 0) is 24.3 Å². The normalized spacial score (nSPS) is 10.6. The van der Waals surface area contributed by atoms with Gasteiger partial charge in [-0.15, -0.1) is 0 Å². The topological polar surface area (TPSA) is 87.9 Å². The minimum atomic E-state index is 0.0216. The smallest absolute Gasteiger partial charge is 0.227 e. The lowest BCUT2D eigenvalue weighted by atomic mass is 10.0. The van der Waals surface area contributed by atoms with E-state index in [9.17, 15) is 4.79 Å². The Morgan fingerprint density at radius 3 is 2.65 bits per heavy atom. The Hall–Kier alpha value is -2.21. The van der Waals surface area contributed by atoms with Crippen molar-refractivity contribution in [3.05, 3.63) is 47.0 Å². The molecule has 0 fully saturated rings. The van der Waals surface area contributed by atoms with Crippen molar-refractivity contribution in [2.75, 3.05) is 7.05 Å². The van der Waals surface area contributed by atoms with E-state index in [1.807, 2.05) is 31.2 Å². The van der Waals surface area contributed by atoms with Crippen molar-refractivity contribution in [2.24, 2.45) is 5.73 Å². The fourth-order valence-corrected chi connectivity index (χ4v) is 1.99. The van der Waals surface area contributed by atoms with Gasteiger partial charge in [-0.2, -0.15) is 5.10 Å². The number of nitrogens with one attached hydrogen (secondary N) is 1. The van der Waals surface area contributed by atoms with Crippen molar-refractivity contribution in [1.29, 1.82) is 0 Å². The number of carbonyl (C=O) groups excluding carboxylic acids is 1. The van der Waals surface area contributed by atoms with Gasteiger partial charge < -0.3 is 10.6 Å². The predicted octanol–water partition coefficient (Wildman–Crippen LogP) is 0.773. The van der Waals surface area contributed by atoms with Gasteiger partial charge in [0.2, 0.25) is 5.91 Å². The molecule has 0 radical (unpaired) electrons. The third kappa shape index (κ3) is 3.42. The number of likely N-dealkylation sites (N-methyl/N-ethyl adjacent to an activating group) is 1. The first kappa shape index (κ1) is 14.2. The summed E-state index contributed by atoms with van der Waals surface area (Å²) in [5, 5.41) is 6.79. The number of aromatic nitrogens is 3. The summed E-state index contributed by atoms with van der Waals surface area (Å²) in [6.07, 6.45) is 0.341. The molecule has 0 unspecified atom stereocenters. The van der Waals surface area contributed by atoms with Crippen LogP contribution in [0.5, 0.6) is 0 Å². The monoisotopic (exact) mass is 273 g/mol. The van der Waals surface area contributed by atoms with Crippen molar-refractivity contribution in [3.63, 3.8) is 0 Å². The molecule has 6 heteroatoms. The number of rotatable bonds is 5.